The predicted octanol–water partition coefficient (Wildman–Crippen LogP) is 3.59. The smallest absolute Gasteiger partial charge is 0.253 e. The molecule has 2 aromatic heterocycles. The van der Waals surface area contributed by atoms with Crippen molar-refractivity contribution in [2.24, 2.45) is 0 Å². The summed E-state index contributed by atoms with van der Waals surface area (Å²) in [5.74, 6) is 0.517. The predicted molar refractivity (Wildman–Crippen MR) is 124 cm³/mol. The molecule has 1 atom stereocenters. The molecule has 0 spiro atoms. The summed E-state index contributed by atoms with van der Waals surface area (Å²) in [7, 11) is -3.44. The minimum absolute atomic E-state index is 0.0443. The van der Waals surface area contributed by atoms with E-state index in [9.17, 15) is 13.2 Å². The second kappa shape index (κ2) is 8.94. The Bertz CT molecular complexity index is 1250. The lowest BCUT2D eigenvalue weighted by atomic mass is 9.93. The monoisotopic (exact) mass is 463 g/mol. The van der Waals surface area contributed by atoms with Crippen molar-refractivity contribution >= 4 is 15.7 Å². The Kier molecular flexibility index (Phi) is 5.85. The average Bonchev–Trinajstić information content (AvgIpc) is 3.40. The topological polar surface area (TPSA) is 98.2 Å². The molecule has 3 aromatic rings. The summed E-state index contributed by atoms with van der Waals surface area (Å²) in [6, 6.07) is 12.6. The van der Waals surface area contributed by atoms with Crippen molar-refractivity contribution in [1.29, 1.82) is 0 Å². The van der Waals surface area contributed by atoms with Gasteiger partial charge in [0.1, 0.15) is 12.4 Å². The first kappa shape index (κ1) is 21.6. The van der Waals surface area contributed by atoms with Gasteiger partial charge in [0.2, 0.25) is 0 Å². The SMILES string of the molecule is O=C(N[C@@H]1COc2cccc(-c3ccncc3)c2C1)c1ccc(S(=O)(=O)C2CCCC2)nc1. The van der Waals surface area contributed by atoms with Gasteiger partial charge in [0.05, 0.1) is 16.9 Å². The molecule has 3 heterocycles. The maximum absolute atomic E-state index is 12.8. The molecule has 8 heteroatoms. The van der Waals surface area contributed by atoms with Crippen LogP contribution in [0.3, 0.4) is 0 Å². The molecule has 0 bridgehead atoms. The van der Waals surface area contributed by atoms with E-state index in [-0.39, 0.29) is 22.2 Å². The number of fused-ring (bicyclic) bond motifs is 1. The Labute approximate surface area is 193 Å². The van der Waals surface area contributed by atoms with E-state index >= 15 is 0 Å². The molecule has 2 aliphatic rings. The van der Waals surface area contributed by atoms with Gasteiger partial charge in [0.15, 0.2) is 14.9 Å². The van der Waals surface area contributed by atoms with Crippen LogP contribution in [0.4, 0.5) is 0 Å². The Hall–Kier alpha value is -3.26. The van der Waals surface area contributed by atoms with Gasteiger partial charge < -0.3 is 10.1 Å². The van der Waals surface area contributed by atoms with Crippen LogP contribution in [0.2, 0.25) is 0 Å². The zero-order valence-electron chi connectivity index (χ0n) is 18.1. The number of amides is 1. The fourth-order valence-corrected chi connectivity index (χ4v) is 6.38. The first-order valence-corrected chi connectivity index (χ1v) is 12.7. The largest absolute Gasteiger partial charge is 0.491 e. The molecule has 1 amide bonds. The highest BCUT2D eigenvalue weighted by atomic mass is 32.2. The van der Waals surface area contributed by atoms with Crippen LogP contribution >= 0.6 is 0 Å². The normalized spacial score (nSPS) is 18.4. The second-order valence-electron chi connectivity index (χ2n) is 8.54. The van der Waals surface area contributed by atoms with E-state index in [2.05, 4.69) is 15.3 Å². The summed E-state index contributed by atoms with van der Waals surface area (Å²) < 4.78 is 31.4. The van der Waals surface area contributed by atoms with Crippen LogP contribution in [-0.2, 0) is 16.3 Å². The number of carbonyl (C=O) groups excluding carboxylic acids is 1. The summed E-state index contributed by atoms with van der Waals surface area (Å²) in [6.45, 7) is 0.361. The van der Waals surface area contributed by atoms with Crippen molar-refractivity contribution in [3.63, 3.8) is 0 Å². The van der Waals surface area contributed by atoms with Crippen LogP contribution in [0.25, 0.3) is 11.1 Å². The van der Waals surface area contributed by atoms with E-state index in [0.29, 0.717) is 31.4 Å². The maximum Gasteiger partial charge on any atom is 0.253 e. The molecule has 1 aliphatic heterocycles. The standard InChI is InChI=1S/C25H25N3O4S/c29-25(18-8-9-24(27-15-18)33(30,31)20-4-1-2-5-20)28-19-14-22-21(17-10-12-26-13-11-17)6-3-7-23(22)32-16-19/h3,6-13,15,19-20H,1-2,4-5,14,16H2,(H,28,29)/t19-/m0/s1. The average molecular weight is 464 g/mol. The summed E-state index contributed by atoms with van der Waals surface area (Å²) in [6.07, 6.45) is 8.69. The molecule has 1 aliphatic carbocycles. The zero-order chi connectivity index (χ0) is 22.8. The van der Waals surface area contributed by atoms with E-state index in [1.807, 2.05) is 30.3 Å². The zero-order valence-corrected chi connectivity index (χ0v) is 18.9. The van der Waals surface area contributed by atoms with Gasteiger partial charge in [-0.2, -0.15) is 0 Å². The second-order valence-corrected chi connectivity index (χ2v) is 10.7. The van der Waals surface area contributed by atoms with Crippen LogP contribution < -0.4 is 10.1 Å². The summed E-state index contributed by atoms with van der Waals surface area (Å²) in [5, 5.41) is 2.68. The van der Waals surface area contributed by atoms with Crippen molar-refractivity contribution in [1.82, 2.24) is 15.3 Å². The third-order valence-electron chi connectivity index (χ3n) is 6.38. The third-order valence-corrected chi connectivity index (χ3v) is 8.55. The van der Waals surface area contributed by atoms with Crippen molar-refractivity contribution in [3.05, 3.63) is 72.2 Å². The number of rotatable bonds is 5. The number of pyridine rings is 2. The molecule has 1 N–H and O–H groups in total. The van der Waals surface area contributed by atoms with Gasteiger partial charge in [-0.1, -0.05) is 25.0 Å². The molecule has 0 radical (unpaired) electrons. The Morgan fingerprint density at radius 2 is 1.82 bits per heavy atom. The fourth-order valence-electron chi connectivity index (χ4n) is 4.62. The lowest BCUT2D eigenvalue weighted by molar-refractivity contribution is 0.0915. The number of ether oxygens (including phenoxy) is 1. The summed E-state index contributed by atoms with van der Waals surface area (Å²) in [5.41, 5.74) is 3.46. The van der Waals surface area contributed by atoms with Gasteiger partial charge in [0, 0.05) is 30.6 Å². The molecular weight excluding hydrogens is 438 g/mol. The molecule has 1 aromatic carbocycles. The molecule has 170 valence electrons. The summed E-state index contributed by atoms with van der Waals surface area (Å²) >= 11 is 0. The van der Waals surface area contributed by atoms with Gasteiger partial charge in [0.25, 0.3) is 5.91 Å². The van der Waals surface area contributed by atoms with E-state index in [4.69, 9.17) is 4.74 Å². The lowest BCUT2D eigenvalue weighted by Gasteiger charge is -2.28. The molecule has 0 saturated heterocycles. The van der Waals surface area contributed by atoms with Gasteiger partial charge in [-0.25, -0.2) is 13.4 Å². The fraction of sp³-hybridized carbons (Fsp3) is 0.320. The third kappa shape index (κ3) is 4.35. The molecule has 5 rings (SSSR count). The number of benzene rings is 1. The van der Waals surface area contributed by atoms with Crippen LogP contribution in [0.1, 0.15) is 41.6 Å². The minimum atomic E-state index is -3.44. The number of nitrogens with one attached hydrogen (secondary N) is 1. The quantitative estimate of drug-likeness (QED) is 0.621. The van der Waals surface area contributed by atoms with Gasteiger partial charge in [-0.15, -0.1) is 0 Å². The summed E-state index contributed by atoms with van der Waals surface area (Å²) in [4.78, 5) is 21.0. The Morgan fingerprint density at radius 3 is 2.55 bits per heavy atom. The highest BCUT2D eigenvalue weighted by Gasteiger charge is 2.31. The first-order valence-electron chi connectivity index (χ1n) is 11.2. The van der Waals surface area contributed by atoms with Crippen LogP contribution in [-0.4, -0.2) is 42.2 Å². The molecule has 33 heavy (non-hydrogen) atoms. The number of hydrogen-bond donors (Lipinski definition) is 1. The highest BCUT2D eigenvalue weighted by Crippen LogP contribution is 2.34. The number of carbonyl (C=O) groups is 1. The lowest BCUT2D eigenvalue weighted by Crippen LogP contribution is -2.42. The minimum Gasteiger partial charge on any atom is -0.491 e. The van der Waals surface area contributed by atoms with Crippen molar-refractivity contribution in [2.75, 3.05) is 6.61 Å². The van der Waals surface area contributed by atoms with Crippen molar-refractivity contribution in [2.45, 2.75) is 48.4 Å². The van der Waals surface area contributed by atoms with Crippen LogP contribution in [0.15, 0.2) is 66.1 Å². The Balaban J connectivity index is 1.30. The van der Waals surface area contributed by atoms with Crippen molar-refractivity contribution < 1.29 is 17.9 Å². The van der Waals surface area contributed by atoms with E-state index in [1.54, 1.807) is 12.4 Å². The van der Waals surface area contributed by atoms with E-state index in [0.717, 1.165) is 35.3 Å². The highest BCUT2D eigenvalue weighted by molar-refractivity contribution is 7.92. The number of nitrogens with zero attached hydrogens (tertiary/aromatic N) is 2. The molecule has 1 fully saturated rings. The molecule has 0 unspecified atom stereocenters. The van der Waals surface area contributed by atoms with Gasteiger partial charge >= 0.3 is 0 Å². The van der Waals surface area contributed by atoms with E-state index in [1.165, 1.54) is 18.3 Å². The maximum atomic E-state index is 12.8. The molecule has 7 nitrogen and oxygen atoms in total. The van der Waals surface area contributed by atoms with Gasteiger partial charge in [-0.05, 0) is 54.3 Å². The Morgan fingerprint density at radius 1 is 1.03 bits per heavy atom. The van der Waals surface area contributed by atoms with Crippen molar-refractivity contribution in [3.8, 4) is 16.9 Å². The van der Waals surface area contributed by atoms with Crippen LogP contribution in [0, 0.1) is 0 Å². The number of hydrogen-bond acceptors (Lipinski definition) is 6. The van der Waals surface area contributed by atoms with Crippen LogP contribution in [0.5, 0.6) is 5.75 Å². The number of aromatic nitrogens is 2. The first-order chi connectivity index (χ1) is 16.0. The van der Waals surface area contributed by atoms with Gasteiger partial charge in [-0.3, -0.25) is 9.78 Å². The van der Waals surface area contributed by atoms with E-state index < -0.39 is 9.84 Å². The molecule has 1 saturated carbocycles. The number of sulfone groups is 1. The molecular formula is C25H25N3O4S.